The first-order chi connectivity index (χ1) is 7.61. The van der Waals surface area contributed by atoms with Crippen molar-refractivity contribution in [2.75, 3.05) is 0 Å². The van der Waals surface area contributed by atoms with Gasteiger partial charge in [0.2, 0.25) is 0 Å². The largest absolute Gasteiger partial charge is 0.385 e. The molecule has 88 valence electrons. The van der Waals surface area contributed by atoms with Gasteiger partial charge in [-0.05, 0) is 12.0 Å². The normalized spacial score (nSPS) is 12.8. The van der Waals surface area contributed by atoms with Crippen molar-refractivity contribution < 1.29 is 14.3 Å². The average molecular weight is 225 g/mol. The molecule has 1 aromatic rings. The molecule has 0 bridgehead atoms. The van der Waals surface area contributed by atoms with E-state index >= 15 is 0 Å². The molecule has 16 heavy (non-hydrogen) atoms. The molecule has 0 aliphatic carbocycles. The smallest absolute Gasteiger partial charge is 0.194 e. The Hall–Kier alpha value is -1.29. The predicted octanol–water partition coefficient (Wildman–Crippen LogP) is 2.20. The number of rotatable bonds is 5. The zero-order chi connectivity index (χ0) is 12.1. The van der Waals surface area contributed by atoms with Crippen LogP contribution in [0.4, 0.5) is 4.39 Å². The van der Waals surface area contributed by atoms with E-state index in [-0.39, 0.29) is 11.5 Å². The number of Topliss-reactive ketones (excluding diaryl/α,β-unsaturated/α-hetero) is 1. The lowest BCUT2D eigenvalue weighted by Gasteiger charge is -2.18. The molecule has 0 aliphatic heterocycles. The lowest BCUT2D eigenvalue weighted by Crippen LogP contribution is -2.29. The second-order valence-corrected chi connectivity index (χ2v) is 3.74. The van der Waals surface area contributed by atoms with Crippen molar-refractivity contribution in [2.45, 2.75) is 32.8 Å². The Morgan fingerprint density at radius 1 is 1.50 bits per heavy atom. The highest BCUT2D eigenvalue weighted by atomic mass is 19.1. The highest BCUT2D eigenvalue weighted by Gasteiger charge is 2.26. The summed E-state index contributed by atoms with van der Waals surface area (Å²) in [7, 11) is 0. The lowest BCUT2D eigenvalue weighted by molar-refractivity contribution is 0.0583. The molecular weight excluding hydrogens is 209 g/mol. The Morgan fingerprint density at radius 3 is 2.62 bits per heavy atom. The Morgan fingerprint density at radius 2 is 2.12 bits per heavy atom. The van der Waals surface area contributed by atoms with Crippen LogP contribution in [0.2, 0.25) is 0 Å². The van der Waals surface area contributed by atoms with E-state index in [1.165, 1.54) is 12.3 Å². The number of pyridine rings is 1. The summed E-state index contributed by atoms with van der Waals surface area (Å²) in [6, 6.07) is 1.29. The first-order valence-electron chi connectivity index (χ1n) is 5.43. The second-order valence-electron chi connectivity index (χ2n) is 3.74. The number of carbonyl (C=O) groups excluding carboxylic acids is 1. The predicted molar refractivity (Wildman–Crippen MR) is 58.6 cm³/mol. The van der Waals surface area contributed by atoms with Crippen LogP contribution in [0.25, 0.3) is 0 Å². The van der Waals surface area contributed by atoms with Gasteiger partial charge in [0.25, 0.3) is 0 Å². The van der Waals surface area contributed by atoms with Crippen LogP contribution in [0.3, 0.4) is 0 Å². The van der Waals surface area contributed by atoms with Gasteiger partial charge < -0.3 is 5.11 Å². The monoisotopic (exact) mass is 225 g/mol. The number of carbonyl (C=O) groups is 1. The molecule has 3 nitrogen and oxygen atoms in total. The zero-order valence-corrected chi connectivity index (χ0v) is 9.48. The van der Waals surface area contributed by atoms with Gasteiger partial charge in [0, 0.05) is 6.20 Å². The number of aliphatic hydroxyl groups is 1. The summed E-state index contributed by atoms with van der Waals surface area (Å²) in [6.07, 6.45) is 2.57. The maximum atomic E-state index is 13.3. The highest BCUT2D eigenvalue weighted by Crippen LogP contribution is 2.18. The number of ketones is 1. The molecule has 0 amide bonds. The van der Waals surface area contributed by atoms with E-state index in [2.05, 4.69) is 4.98 Å². The van der Waals surface area contributed by atoms with E-state index in [0.29, 0.717) is 12.8 Å². The summed E-state index contributed by atoms with van der Waals surface area (Å²) >= 11 is 0. The number of hydrogen-bond donors (Lipinski definition) is 1. The van der Waals surface area contributed by atoms with Crippen molar-refractivity contribution in [3.63, 3.8) is 0 Å². The number of hydrogen-bond acceptors (Lipinski definition) is 3. The van der Waals surface area contributed by atoms with E-state index < -0.39 is 17.7 Å². The average Bonchev–Trinajstić information content (AvgIpc) is 2.30. The van der Waals surface area contributed by atoms with Gasteiger partial charge in [-0.3, -0.25) is 9.78 Å². The summed E-state index contributed by atoms with van der Waals surface area (Å²) in [5.74, 6) is -1.37. The molecule has 1 unspecified atom stereocenters. The van der Waals surface area contributed by atoms with Crippen molar-refractivity contribution in [1.29, 1.82) is 0 Å². The molecule has 1 aromatic heterocycles. The van der Waals surface area contributed by atoms with Crippen LogP contribution in [0.15, 0.2) is 18.5 Å². The maximum Gasteiger partial charge on any atom is 0.194 e. The fraction of sp³-hybridized carbons (Fsp3) is 0.500. The molecule has 1 atom stereocenters. The van der Waals surface area contributed by atoms with Crippen molar-refractivity contribution in [2.24, 2.45) is 5.92 Å². The van der Waals surface area contributed by atoms with Crippen molar-refractivity contribution in [3.05, 3.63) is 29.8 Å². The third-order valence-corrected chi connectivity index (χ3v) is 2.80. The van der Waals surface area contributed by atoms with Gasteiger partial charge in [0.1, 0.15) is 6.10 Å². The second kappa shape index (κ2) is 5.70. The number of aromatic nitrogens is 1. The van der Waals surface area contributed by atoms with Crippen LogP contribution in [-0.4, -0.2) is 22.0 Å². The van der Waals surface area contributed by atoms with E-state index in [9.17, 15) is 14.3 Å². The molecule has 1 N–H and O–H groups in total. The molecular formula is C12H16FNO2. The van der Waals surface area contributed by atoms with Gasteiger partial charge in [0.05, 0.1) is 11.8 Å². The van der Waals surface area contributed by atoms with Crippen molar-refractivity contribution in [1.82, 2.24) is 4.98 Å². The van der Waals surface area contributed by atoms with Gasteiger partial charge in [-0.25, -0.2) is 4.39 Å². The van der Waals surface area contributed by atoms with Gasteiger partial charge >= 0.3 is 0 Å². The van der Waals surface area contributed by atoms with E-state index in [0.717, 1.165) is 6.20 Å². The minimum atomic E-state index is -1.13. The van der Waals surface area contributed by atoms with Gasteiger partial charge in [-0.1, -0.05) is 26.7 Å². The molecule has 0 aliphatic rings. The van der Waals surface area contributed by atoms with Gasteiger partial charge in [-0.15, -0.1) is 0 Å². The molecule has 0 fully saturated rings. The van der Waals surface area contributed by atoms with Crippen LogP contribution in [0, 0.1) is 11.7 Å². The third-order valence-electron chi connectivity index (χ3n) is 2.80. The van der Waals surface area contributed by atoms with E-state index in [1.54, 1.807) is 0 Å². The Bertz CT molecular complexity index is 364. The van der Waals surface area contributed by atoms with Crippen molar-refractivity contribution in [3.8, 4) is 0 Å². The van der Waals surface area contributed by atoms with Gasteiger partial charge in [0.15, 0.2) is 11.6 Å². The van der Waals surface area contributed by atoms with E-state index in [4.69, 9.17) is 0 Å². The molecule has 0 spiro atoms. The standard InChI is InChI=1S/C12H16FNO2/c1-3-8(4-2)11(15)12(16)9-5-6-14-7-10(9)13/h5-8,11,15H,3-4H2,1-2H3. The zero-order valence-electron chi connectivity index (χ0n) is 9.48. The molecule has 0 aromatic carbocycles. The number of halogens is 1. The SMILES string of the molecule is CCC(CC)C(O)C(=O)c1ccncc1F. The van der Waals surface area contributed by atoms with Crippen molar-refractivity contribution >= 4 is 5.78 Å². The lowest BCUT2D eigenvalue weighted by atomic mass is 9.91. The van der Waals surface area contributed by atoms with Crippen LogP contribution < -0.4 is 0 Å². The summed E-state index contributed by atoms with van der Waals surface area (Å²) in [4.78, 5) is 15.4. The highest BCUT2D eigenvalue weighted by molar-refractivity contribution is 5.99. The Labute approximate surface area is 94.3 Å². The molecule has 1 heterocycles. The summed E-state index contributed by atoms with van der Waals surface area (Å²) in [6.45, 7) is 3.79. The first-order valence-corrected chi connectivity index (χ1v) is 5.43. The fourth-order valence-electron chi connectivity index (χ4n) is 1.68. The maximum absolute atomic E-state index is 13.3. The van der Waals surface area contributed by atoms with E-state index in [1.807, 2.05) is 13.8 Å². The topological polar surface area (TPSA) is 50.2 Å². The molecule has 1 rings (SSSR count). The summed E-state index contributed by atoms with van der Waals surface area (Å²) in [5.41, 5.74) is -0.0885. The number of nitrogens with zero attached hydrogens (tertiary/aromatic N) is 1. The van der Waals surface area contributed by atoms with Crippen LogP contribution in [0.5, 0.6) is 0 Å². The molecule has 0 saturated heterocycles. The molecule has 4 heteroatoms. The summed E-state index contributed by atoms with van der Waals surface area (Å²) < 4.78 is 13.3. The minimum Gasteiger partial charge on any atom is -0.385 e. The quantitative estimate of drug-likeness (QED) is 0.781. The van der Waals surface area contributed by atoms with Crippen LogP contribution in [0.1, 0.15) is 37.0 Å². The summed E-state index contributed by atoms with van der Waals surface area (Å²) in [5, 5.41) is 9.82. The van der Waals surface area contributed by atoms with Crippen LogP contribution in [-0.2, 0) is 0 Å². The first kappa shape index (κ1) is 12.8. The Balaban J connectivity index is 2.90. The Kier molecular flexibility index (Phi) is 4.55. The third kappa shape index (κ3) is 2.64. The van der Waals surface area contributed by atoms with Crippen LogP contribution >= 0.6 is 0 Å². The minimum absolute atomic E-state index is 0.0885. The fourth-order valence-corrected chi connectivity index (χ4v) is 1.68. The number of aliphatic hydroxyl groups excluding tert-OH is 1. The molecule has 0 saturated carbocycles. The molecule has 0 radical (unpaired) electrons. The van der Waals surface area contributed by atoms with Gasteiger partial charge in [-0.2, -0.15) is 0 Å².